The molecule has 0 spiro atoms. The van der Waals surface area contributed by atoms with E-state index in [1.807, 2.05) is 11.8 Å². The first-order valence-corrected chi connectivity index (χ1v) is 10.7. The van der Waals surface area contributed by atoms with E-state index in [1.54, 1.807) is 13.3 Å². The van der Waals surface area contributed by atoms with Gasteiger partial charge >= 0.3 is 0 Å². The van der Waals surface area contributed by atoms with E-state index in [4.69, 9.17) is 9.73 Å². The molecule has 0 unspecified atom stereocenters. The molecule has 1 aromatic rings. The fourth-order valence-electron chi connectivity index (χ4n) is 2.58. The molecule has 1 aliphatic rings. The Morgan fingerprint density at radius 2 is 2.16 bits per heavy atom. The summed E-state index contributed by atoms with van der Waals surface area (Å²) >= 11 is 5.26. The lowest BCUT2D eigenvalue weighted by atomic mass is 10.3. The Kier molecular flexibility index (Phi) is 8.60. The molecular weight excluding hydrogens is 404 g/mol. The fraction of sp³-hybridized carbons (Fsp3) is 0.688. The number of aliphatic imine (C=N–C) groups is 1. The zero-order valence-corrected chi connectivity index (χ0v) is 17.6. The average Bonchev–Trinajstić information content (AvgIpc) is 2.65. The number of hydrogen-bond acceptors (Lipinski definition) is 6. The van der Waals surface area contributed by atoms with Crippen LogP contribution < -0.4 is 15.0 Å². The van der Waals surface area contributed by atoms with Crippen molar-refractivity contribution in [2.75, 3.05) is 63.3 Å². The Hall–Kier alpha value is -1.22. The highest BCUT2D eigenvalue weighted by Crippen LogP contribution is 2.23. The highest BCUT2D eigenvalue weighted by atomic mass is 79.9. The number of methoxy groups -OCH3 is 1. The van der Waals surface area contributed by atoms with Gasteiger partial charge in [0.15, 0.2) is 5.96 Å². The number of guanidine groups is 1. The van der Waals surface area contributed by atoms with Gasteiger partial charge in [-0.2, -0.15) is 16.7 Å². The Labute approximate surface area is 162 Å². The Morgan fingerprint density at radius 3 is 2.80 bits per heavy atom. The molecule has 1 fully saturated rings. The number of rotatable bonds is 7. The molecule has 0 saturated carbocycles. The predicted molar refractivity (Wildman–Crippen MR) is 109 cm³/mol. The molecule has 1 N–H and O–H groups in total. The molecule has 2 heterocycles. The van der Waals surface area contributed by atoms with Crippen LogP contribution in [0.25, 0.3) is 0 Å². The number of hydrogen-bond donors (Lipinski definition) is 1. The Bertz CT molecular complexity index is 566. The van der Waals surface area contributed by atoms with Crippen LogP contribution in [-0.4, -0.2) is 79.2 Å². The van der Waals surface area contributed by atoms with Crippen molar-refractivity contribution >= 4 is 39.6 Å². The number of nitrogens with zero attached hydrogens (tertiary/aromatic N) is 5. The summed E-state index contributed by atoms with van der Waals surface area (Å²) in [4.78, 5) is 18.1. The van der Waals surface area contributed by atoms with Crippen molar-refractivity contribution in [1.82, 2.24) is 20.2 Å². The van der Waals surface area contributed by atoms with Crippen molar-refractivity contribution in [2.45, 2.75) is 13.3 Å². The van der Waals surface area contributed by atoms with Crippen molar-refractivity contribution in [3.63, 3.8) is 0 Å². The molecule has 1 aromatic heterocycles. The van der Waals surface area contributed by atoms with Crippen LogP contribution in [0, 0.1) is 0 Å². The van der Waals surface area contributed by atoms with Gasteiger partial charge in [-0.1, -0.05) is 0 Å². The van der Waals surface area contributed by atoms with E-state index in [9.17, 15) is 0 Å². The van der Waals surface area contributed by atoms with Gasteiger partial charge in [0, 0.05) is 39.3 Å². The van der Waals surface area contributed by atoms with Crippen LogP contribution in [0.1, 0.15) is 13.3 Å². The molecule has 0 bridgehead atoms. The van der Waals surface area contributed by atoms with Crippen molar-refractivity contribution in [2.24, 2.45) is 4.99 Å². The molecule has 140 valence electrons. The maximum absolute atomic E-state index is 5.27. The molecule has 0 radical (unpaired) electrons. The molecule has 9 heteroatoms. The van der Waals surface area contributed by atoms with Gasteiger partial charge in [-0.15, -0.1) is 0 Å². The number of aromatic nitrogens is 2. The zero-order chi connectivity index (χ0) is 18.1. The van der Waals surface area contributed by atoms with E-state index in [2.05, 4.69) is 54.2 Å². The van der Waals surface area contributed by atoms with Crippen molar-refractivity contribution in [1.29, 1.82) is 0 Å². The first-order chi connectivity index (χ1) is 12.2. The minimum atomic E-state index is 0.566. The van der Waals surface area contributed by atoms with Gasteiger partial charge in [-0.05, 0) is 41.3 Å². The molecule has 0 amide bonds. The second-order valence-corrected chi connectivity index (χ2v) is 7.42. The highest BCUT2D eigenvalue weighted by molar-refractivity contribution is 9.10. The lowest BCUT2D eigenvalue weighted by molar-refractivity contribution is 0.366. The van der Waals surface area contributed by atoms with Gasteiger partial charge < -0.3 is 19.9 Å². The topological polar surface area (TPSA) is 65.9 Å². The molecule has 7 nitrogen and oxygen atoms in total. The molecule has 1 aliphatic heterocycles. The summed E-state index contributed by atoms with van der Waals surface area (Å²) in [6.07, 6.45) is 4.99. The maximum Gasteiger partial charge on any atom is 0.232 e. The van der Waals surface area contributed by atoms with Crippen LogP contribution in [0.2, 0.25) is 0 Å². The summed E-state index contributed by atoms with van der Waals surface area (Å²) in [5, 5.41) is 3.40. The lowest BCUT2D eigenvalue weighted by Crippen LogP contribution is -2.53. The summed E-state index contributed by atoms with van der Waals surface area (Å²) in [7, 11) is 1.62. The molecular formula is C16H27BrN6OS. The predicted octanol–water partition coefficient (Wildman–Crippen LogP) is 2.09. The van der Waals surface area contributed by atoms with Crippen LogP contribution in [0.3, 0.4) is 0 Å². The SMILES string of the molecule is CCNC(=NCCCSC)N1CCN(c2ncc(Br)c(OC)n2)CC1. The van der Waals surface area contributed by atoms with E-state index in [-0.39, 0.29) is 0 Å². The van der Waals surface area contributed by atoms with E-state index < -0.39 is 0 Å². The van der Waals surface area contributed by atoms with Crippen molar-refractivity contribution in [3.05, 3.63) is 10.7 Å². The van der Waals surface area contributed by atoms with Gasteiger partial charge in [0.25, 0.3) is 0 Å². The van der Waals surface area contributed by atoms with Gasteiger partial charge in [-0.3, -0.25) is 4.99 Å². The Balaban J connectivity index is 1.94. The van der Waals surface area contributed by atoms with E-state index >= 15 is 0 Å². The second-order valence-electron chi connectivity index (χ2n) is 5.58. The zero-order valence-electron chi connectivity index (χ0n) is 15.2. The van der Waals surface area contributed by atoms with Gasteiger partial charge in [-0.25, -0.2) is 4.98 Å². The number of piperazine rings is 1. The highest BCUT2D eigenvalue weighted by Gasteiger charge is 2.22. The summed E-state index contributed by atoms with van der Waals surface area (Å²) < 4.78 is 6.03. The van der Waals surface area contributed by atoms with Crippen molar-refractivity contribution < 1.29 is 4.74 Å². The van der Waals surface area contributed by atoms with Crippen LogP contribution in [0.15, 0.2) is 15.7 Å². The van der Waals surface area contributed by atoms with Crippen LogP contribution in [0.5, 0.6) is 5.88 Å². The van der Waals surface area contributed by atoms with Crippen molar-refractivity contribution in [3.8, 4) is 5.88 Å². The lowest BCUT2D eigenvalue weighted by Gasteiger charge is -2.36. The maximum atomic E-state index is 5.27. The smallest absolute Gasteiger partial charge is 0.232 e. The van der Waals surface area contributed by atoms with E-state index in [1.165, 1.54) is 0 Å². The fourth-order valence-corrected chi connectivity index (χ4v) is 3.35. The van der Waals surface area contributed by atoms with Gasteiger partial charge in [0.2, 0.25) is 11.8 Å². The summed E-state index contributed by atoms with van der Waals surface area (Å²) in [6, 6.07) is 0. The largest absolute Gasteiger partial charge is 0.480 e. The number of nitrogens with one attached hydrogen (secondary N) is 1. The number of thioether (sulfide) groups is 1. The first kappa shape index (κ1) is 20.1. The minimum absolute atomic E-state index is 0.566. The quantitative estimate of drug-likeness (QED) is 0.403. The minimum Gasteiger partial charge on any atom is -0.480 e. The molecule has 0 aromatic carbocycles. The molecule has 0 aliphatic carbocycles. The second kappa shape index (κ2) is 10.7. The Morgan fingerprint density at radius 1 is 1.40 bits per heavy atom. The first-order valence-electron chi connectivity index (χ1n) is 8.53. The summed E-state index contributed by atoms with van der Waals surface area (Å²) in [5.74, 6) is 3.44. The normalized spacial score (nSPS) is 15.4. The molecule has 2 rings (SSSR count). The average molecular weight is 431 g/mol. The standard InChI is InChI=1S/C16H27BrN6OS/c1-4-18-15(19-6-5-11-25-3)22-7-9-23(10-8-22)16-20-12-13(17)14(21-16)24-2/h12H,4-11H2,1-3H3,(H,18,19). The van der Waals surface area contributed by atoms with Crippen LogP contribution in [0.4, 0.5) is 5.95 Å². The number of ether oxygens (including phenoxy) is 1. The van der Waals surface area contributed by atoms with Gasteiger partial charge in [0.05, 0.1) is 17.8 Å². The van der Waals surface area contributed by atoms with Crippen LogP contribution in [-0.2, 0) is 0 Å². The number of anilines is 1. The molecule has 0 atom stereocenters. The summed E-state index contributed by atoms with van der Waals surface area (Å²) in [6.45, 7) is 7.38. The van der Waals surface area contributed by atoms with E-state index in [0.29, 0.717) is 11.8 Å². The molecule has 1 saturated heterocycles. The van der Waals surface area contributed by atoms with Gasteiger partial charge in [0.1, 0.15) is 0 Å². The third kappa shape index (κ3) is 5.91. The number of halogens is 1. The third-order valence-corrected chi connectivity index (χ3v) is 5.10. The van der Waals surface area contributed by atoms with E-state index in [0.717, 1.165) is 61.9 Å². The van der Waals surface area contributed by atoms with Crippen LogP contribution >= 0.6 is 27.7 Å². The third-order valence-electron chi connectivity index (χ3n) is 3.86. The monoisotopic (exact) mass is 430 g/mol. The summed E-state index contributed by atoms with van der Waals surface area (Å²) in [5.41, 5.74) is 0. The molecule has 25 heavy (non-hydrogen) atoms.